The van der Waals surface area contributed by atoms with Gasteiger partial charge in [0.05, 0.1) is 4.90 Å². The lowest BCUT2D eigenvalue weighted by Gasteiger charge is -2.34. The average Bonchev–Trinajstić information content (AvgIpc) is 2.65. The minimum absolute atomic E-state index is 0.0531. The first kappa shape index (κ1) is 20.6. The van der Waals surface area contributed by atoms with Crippen LogP contribution in [0.5, 0.6) is 0 Å². The summed E-state index contributed by atoms with van der Waals surface area (Å²) in [7, 11) is -3.55. The molecule has 0 atom stereocenters. The molecule has 1 aliphatic heterocycles. The minimum atomic E-state index is -3.55. The van der Waals surface area contributed by atoms with Gasteiger partial charge in [-0.25, -0.2) is 17.9 Å². The van der Waals surface area contributed by atoms with E-state index in [1.54, 1.807) is 17.0 Å². The van der Waals surface area contributed by atoms with E-state index in [2.05, 4.69) is 10.0 Å². The second-order valence-corrected chi connectivity index (χ2v) is 10.2. The monoisotopic (exact) mass is 403 g/mol. The molecule has 0 unspecified atom stereocenters. The van der Waals surface area contributed by atoms with Crippen molar-refractivity contribution < 1.29 is 13.2 Å². The Bertz CT molecular complexity index is 943. The number of benzene rings is 2. The molecule has 2 amide bonds. The zero-order chi connectivity index (χ0) is 20.4. The molecular weight excluding hydrogens is 374 g/mol. The van der Waals surface area contributed by atoms with Gasteiger partial charge in [0.2, 0.25) is 10.0 Å². The summed E-state index contributed by atoms with van der Waals surface area (Å²) < 4.78 is 28.1. The van der Waals surface area contributed by atoms with Gasteiger partial charge in [0, 0.05) is 25.2 Å². The van der Waals surface area contributed by atoms with Crippen LogP contribution in [0.4, 0.5) is 4.79 Å². The molecule has 6 nitrogen and oxygen atoms in total. The van der Waals surface area contributed by atoms with Crippen molar-refractivity contribution in [2.45, 2.75) is 44.0 Å². The number of sulfonamides is 1. The Kier molecular flexibility index (Phi) is 5.95. The Morgan fingerprint density at radius 3 is 2.36 bits per heavy atom. The molecule has 1 aliphatic rings. The predicted molar refractivity (Wildman–Crippen MR) is 112 cm³/mol. The largest absolute Gasteiger partial charge is 0.333 e. The standard InChI is InChI=1S/C21H29N3O3S/c1-21(2,3)23-20(25)24-12-10-16(11-13-24)15-22-28(26,27)19-9-8-17-6-4-5-7-18(17)14-19/h4-9,14,16,22H,10-13,15H2,1-3H3,(H,23,25). The number of amides is 2. The second kappa shape index (κ2) is 8.09. The molecule has 28 heavy (non-hydrogen) atoms. The third kappa shape index (κ3) is 5.23. The summed E-state index contributed by atoms with van der Waals surface area (Å²) in [5, 5.41) is 4.89. The Labute approximate surface area is 167 Å². The van der Waals surface area contributed by atoms with E-state index in [1.807, 2.05) is 51.1 Å². The molecule has 1 saturated heterocycles. The second-order valence-electron chi connectivity index (χ2n) is 8.47. The van der Waals surface area contributed by atoms with Gasteiger partial charge in [0.15, 0.2) is 0 Å². The highest BCUT2D eigenvalue weighted by molar-refractivity contribution is 7.89. The third-order valence-electron chi connectivity index (χ3n) is 4.98. The van der Waals surface area contributed by atoms with Crippen molar-refractivity contribution in [1.29, 1.82) is 0 Å². The molecule has 0 aliphatic carbocycles. The van der Waals surface area contributed by atoms with Crippen molar-refractivity contribution in [3.05, 3.63) is 42.5 Å². The molecule has 1 heterocycles. The first-order chi connectivity index (χ1) is 13.1. The van der Waals surface area contributed by atoms with Gasteiger partial charge < -0.3 is 10.2 Å². The van der Waals surface area contributed by atoms with Crippen molar-refractivity contribution in [2.75, 3.05) is 19.6 Å². The number of rotatable bonds is 4. The Hall–Kier alpha value is -2.12. The lowest BCUT2D eigenvalue weighted by molar-refractivity contribution is 0.163. The SMILES string of the molecule is CC(C)(C)NC(=O)N1CCC(CNS(=O)(=O)c2ccc3ccccc3c2)CC1. The number of nitrogens with one attached hydrogen (secondary N) is 2. The van der Waals surface area contributed by atoms with Crippen LogP contribution in [0.15, 0.2) is 47.4 Å². The van der Waals surface area contributed by atoms with E-state index in [9.17, 15) is 13.2 Å². The number of likely N-dealkylation sites (tertiary alicyclic amines) is 1. The first-order valence-electron chi connectivity index (χ1n) is 9.70. The Balaban J connectivity index is 1.54. The molecule has 2 N–H and O–H groups in total. The fourth-order valence-electron chi connectivity index (χ4n) is 3.39. The molecule has 3 rings (SSSR count). The van der Waals surface area contributed by atoms with Crippen molar-refractivity contribution in [3.63, 3.8) is 0 Å². The summed E-state index contributed by atoms with van der Waals surface area (Å²) in [5.74, 6) is 0.230. The molecule has 2 aromatic rings. The maximum absolute atomic E-state index is 12.7. The highest BCUT2D eigenvalue weighted by atomic mass is 32.2. The molecule has 1 fully saturated rings. The van der Waals surface area contributed by atoms with Gasteiger partial charge in [0.25, 0.3) is 0 Å². The fourth-order valence-corrected chi connectivity index (χ4v) is 4.54. The van der Waals surface area contributed by atoms with Crippen LogP contribution in [0.25, 0.3) is 10.8 Å². The quantitative estimate of drug-likeness (QED) is 0.822. The number of carbonyl (C=O) groups is 1. The normalized spacial score (nSPS) is 16.3. The van der Waals surface area contributed by atoms with Gasteiger partial charge in [-0.15, -0.1) is 0 Å². The van der Waals surface area contributed by atoms with Gasteiger partial charge in [-0.3, -0.25) is 0 Å². The van der Waals surface area contributed by atoms with Crippen LogP contribution in [0.2, 0.25) is 0 Å². The van der Waals surface area contributed by atoms with Gasteiger partial charge >= 0.3 is 6.03 Å². The van der Waals surface area contributed by atoms with Crippen LogP contribution in [0, 0.1) is 5.92 Å². The van der Waals surface area contributed by atoms with Gasteiger partial charge in [-0.1, -0.05) is 30.3 Å². The number of hydrogen-bond donors (Lipinski definition) is 2. The van der Waals surface area contributed by atoms with E-state index in [0.717, 1.165) is 23.6 Å². The molecule has 152 valence electrons. The van der Waals surface area contributed by atoms with Gasteiger partial charge in [-0.2, -0.15) is 0 Å². The van der Waals surface area contributed by atoms with Crippen LogP contribution in [0.1, 0.15) is 33.6 Å². The molecule has 0 saturated carbocycles. The molecule has 0 spiro atoms. The molecule has 0 aromatic heterocycles. The number of piperidine rings is 1. The summed E-state index contributed by atoms with van der Waals surface area (Å²) in [6.45, 7) is 7.55. The highest BCUT2D eigenvalue weighted by Crippen LogP contribution is 2.21. The average molecular weight is 404 g/mol. The first-order valence-corrected chi connectivity index (χ1v) is 11.2. The highest BCUT2D eigenvalue weighted by Gasteiger charge is 2.26. The van der Waals surface area contributed by atoms with Crippen LogP contribution in [0.3, 0.4) is 0 Å². The van der Waals surface area contributed by atoms with E-state index in [1.165, 1.54) is 0 Å². The number of hydrogen-bond acceptors (Lipinski definition) is 3. The topological polar surface area (TPSA) is 78.5 Å². The van der Waals surface area contributed by atoms with Crippen molar-refractivity contribution in [1.82, 2.24) is 14.9 Å². The van der Waals surface area contributed by atoms with Crippen molar-refractivity contribution in [2.24, 2.45) is 5.92 Å². The summed E-state index contributed by atoms with van der Waals surface area (Å²) >= 11 is 0. The van der Waals surface area contributed by atoms with E-state index in [0.29, 0.717) is 19.6 Å². The van der Waals surface area contributed by atoms with Crippen LogP contribution in [-0.2, 0) is 10.0 Å². The summed E-state index contributed by atoms with van der Waals surface area (Å²) in [6.07, 6.45) is 1.58. The summed E-state index contributed by atoms with van der Waals surface area (Å²) in [6, 6.07) is 12.8. The molecule has 0 bridgehead atoms. The molecule has 7 heteroatoms. The van der Waals surface area contributed by atoms with Crippen LogP contribution < -0.4 is 10.0 Å². The summed E-state index contributed by atoms with van der Waals surface area (Å²) in [5.41, 5.74) is -0.260. The van der Waals surface area contributed by atoms with Crippen molar-refractivity contribution in [3.8, 4) is 0 Å². The van der Waals surface area contributed by atoms with E-state index in [-0.39, 0.29) is 22.4 Å². The minimum Gasteiger partial charge on any atom is -0.333 e. The molecule has 0 radical (unpaired) electrons. The van der Waals surface area contributed by atoms with Gasteiger partial charge in [-0.05, 0) is 62.4 Å². The van der Waals surface area contributed by atoms with Gasteiger partial charge in [0.1, 0.15) is 0 Å². The number of nitrogens with zero attached hydrogens (tertiary/aromatic N) is 1. The molecular formula is C21H29N3O3S. The van der Waals surface area contributed by atoms with Crippen molar-refractivity contribution >= 4 is 26.8 Å². The molecule has 2 aromatic carbocycles. The predicted octanol–water partition coefficient (Wildman–Crippen LogP) is 3.34. The number of carbonyl (C=O) groups excluding carboxylic acids is 1. The number of urea groups is 1. The Morgan fingerprint density at radius 2 is 1.71 bits per heavy atom. The maximum Gasteiger partial charge on any atom is 0.317 e. The van der Waals surface area contributed by atoms with Crippen LogP contribution >= 0.6 is 0 Å². The Morgan fingerprint density at radius 1 is 1.07 bits per heavy atom. The lowest BCUT2D eigenvalue weighted by Crippen LogP contribution is -2.51. The fraction of sp³-hybridized carbons (Fsp3) is 0.476. The maximum atomic E-state index is 12.7. The lowest BCUT2D eigenvalue weighted by atomic mass is 9.97. The van der Waals surface area contributed by atoms with E-state index >= 15 is 0 Å². The zero-order valence-corrected chi connectivity index (χ0v) is 17.6. The van der Waals surface area contributed by atoms with Crippen LogP contribution in [-0.4, -0.2) is 44.5 Å². The third-order valence-corrected chi connectivity index (χ3v) is 6.40. The van der Waals surface area contributed by atoms with E-state index in [4.69, 9.17) is 0 Å². The zero-order valence-electron chi connectivity index (χ0n) is 16.7. The van der Waals surface area contributed by atoms with E-state index < -0.39 is 10.0 Å². The smallest absolute Gasteiger partial charge is 0.317 e. The number of fused-ring (bicyclic) bond motifs is 1. The summed E-state index contributed by atoms with van der Waals surface area (Å²) in [4.78, 5) is 14.3.